The second-order valence-corrected chi connectivity index (χ2v) is 2.78. The van der Waals surface area contributed by atoms with Gasteiger partial charge in [-0.1, -0.05) is 0 Å². The fourth-order valence-corrected chi connectivity index (χ4v) is 0.856. The van der Waals surface area contributed by atoms with E-state index in [1.807, 2.05) is 0 Å². The van der Waals surface area contributed by atoms with E-state index in [0.29, 0.717) is 0 Å². The minimum absolute atomic E-state index is 0.319. The minimum Gasteiger partial charge on any atom is -0.418 e. The Hall–Kier alpha value is -2.78. The summed E-state index contributed by atoms with van der Waals surface area (Å²) in [4.78, 5) is 21.6. The number of nitro groups is 2. The maximum atomic E-state index is 10.4. The predicted molar refractivity (Wildman–Crippen MR) is 54.7 cm³/mol. The van der Waals surface area contributed by atoms with Crippen molar-refractivity contribution in [2.24, 2.45) is 0 Å². The van der Waals surface area contributed by atoms with Crippen LogP contribution in [0, 0.1) is 25.6 Å². The second kappa shape index (κ2) is 6.24. The molecule has 0 heterocycles. The van der Waals surface area contributed by atoms with E-state index in [4.69, 9.17) is 5.39 Å². The molecule has 1 aromatic rings. The first-order valence-corrected chi connectivity index (χ1v) is 4.21. The third kappa shape index (κ3) is 6.51. The Balaban J connectivity index is 0.000000555. The van der Waals surface area contributed by atoms with E-state index in [2.05, 4.69) is 4.98 Å². The number of benzene rings is 1. The van der Waals surface area contributed by atoms with Gasteiger partial charge >= 0.3 is 18.6 Å². The molecule has 0 radical (unpaired) electrons. The molecule has 0 unspecified atom stereocenters. The highest BCUT2D eigenvalue weighted by molar-refractivity contribution is 6.50. The van der Waals surface area contributed by atoms with E-state index in [0.717, 1.165) is 18.2 Å². The molecule has 0 bridgehead atoms. The SMILES string of the molecule is F[B-](F)(F)F.N#[N+]c1ccc([N+](=O)[O-])cc1[N+](=O)[O-]. The van der Waals surface area contributed by atoms with Crippen LogP contribution in [-0.4, -0.2) is 17.1 Å². The van der Waals surface area contributed by atoms with E-state index in [1.54, 1.807) is 0 Å². The molecule has 13 heteroatoms. The van der Waals surface area contributed by atoms with Crippen LogP contribution in [0.2, 0.25) is 0 Å². The molecule has 8 nitrogen and oxygen atoms in total. The summed E-state index contributed by atoms with van der Waals surface area (Å²) in [5.74, 6) is 0. The number of nitrogens with zero attached hydrogens (tertiary/aromatic N) is 4. The molecule has 0 saturated heterocycles. The van der Waals surface area contributed by atoms with E-state index in [9.17, 15) is 37.5 Å². The van der Waals surface area contributed by atoms with E-state index in [-0.39, 0.29) is 5.69 Å². The molecular weight excluding hydrogens is 279 g/mol. The molecule has 0 aliphatic carbocycles. The summed E-state index contributed by atoms with van der Waals surface area (Å²) < 4.78 is 39.0. The Kier molecular flexibility index (Phi) is 5.33. The van der Waals surface area contributed by atoms with E-state index >= 15 is 0 Å². The zero-order chi connectivity index (χ0) is 15.2. The Morgan fingerprint density at radius 3 is 1.89 bits per heavy atom. The van der Waals surface area contributed by atoms with Crippen LogP contribution in [0.1, 0.15) is 0 Å². The molecule has 0 N–H and O–H groups in total. The molecule has 0 aliphatic rings. The summed E-state index contributed by atoms with van der Waals surface area (Å²) in [6.45, 7) is 0. The third-order valence-electron chi connectivity index (χ3n) is 1.47. The first kappa shape index (κ1) is 16.2. The molecule has 102 valence electrons. The van der Waals surface area contributed by atoms with Gasteiger partial charge in [-0.25, -0.2) is 0 Å². The van der Waals surface area contributed by atoms with Crippen molar-refractivity contribution >= 4 is 24.3 Å². The van der Waals surface area contributed by atoms with Crippen LogP contribution in [-0.2, 0) is 0 Å². The molecule has 0 amide bonds. The maximum Gasteiger partial charge on any atom is 0.673 e. The van der Waals surface area contributed by atoms with Crippen LogP contribution in [0.15, 0.2) is 18.2 Å². The van der Waals surface area contributed by atoms with Gasteiger partial charge in [-0.3, -0.25) is 20.2 Å². The standard InChI is InChI=1S/C6H3N4O4.BF4/c7-8-5-2-1-4(9(11)12)3-6(5)10(13)14;2-1(3,4)5/h1-3H;/q+1;-1. The van der Waals surface area contributed by atoms with Gasteiger partial charge in [0.25, 0.3) is 5.69 Å². The van der Waals surface area contributed by atoms with E-state index in [1.165, 1.54) is 0 Å². The second-order valence-electron chi connectivity index (χ2n) is 2.78. The normalized spacial score (nSPS) is 9.84. The van der Waals surface area contributed by atoms with Crippen LogP contribution < -0.4 is 0 Å². The summed E-state index contributed by atoms with van der Waals surface area (Å²) in [7, 11) is -6.00. The van der Waals surface area contributed by atoms with Gasteiger partial charge in [-0.2, -0.15) is 0 Å². The molecule has 0 atom stereocenters. The molecule has 19 heavy (non-hydrogen) atoms. The summed E-state index contributed by atoms with van der Waals surface area (Å²) in [6, 6.07) is 2.74. The summed E-state index contributed by atoms with van der Waals surface area (Å²) >= 11 is 0. The van der Waals surface area contributed by atoms with Gasteiger partial charge in [0.2, 0.25) is 5.39 Å². The van der Waals surface area contributed by atoms with Crippen LogP contribution in [0.5, 0.6) is 0 Å². The first-order chi connectivity index (χ1) is 8.56. The molecule has 0 aromatic heterocycles. The highest BCUT2D eigenvalue weighted by Gasteiger charge is 2.27. The lowest BCUT2D eigenvalue weighted by Gasteiger charge is -1.94. The zero-order valence-corrected chi connectivity index (χ0v) is 8.74. The van der Waals surface area contributed by atoms with Crippen molar-refractivity contribution in [2.75, 3.05) is 0 Å². The number of non-ortho nitro benzene ring substituents is 1. The van der Waals surface area contributed by atoms with Crippen LogP contribution in [0.3, 0.4) is 0 Å². The number of hydrogen-bond donors (Lipinski definition) is 0. The molecule has 0 fully saturated rings. The lowest BCUT2D eigenvalue weighted by molar-refractivity contribution is -0.393. The third-order valence-corrected chi connectivity index (χ3v) is 1.47. The van der Waals surface area contributed by atoms with Gasteiger partial charge in [-0.15, -0.1) is 0 Å². The van der Waals surface area contributed by atoms with Gasteiger partial charge in [-0.05, 0) is 0 Å². The fraction of sp³-hybridized carbons (Fsp3) is 0. The number of rotatable bonds is 2. The molecule has 1 aromatic carbocycles. The first-order valence-electron chi connectivity index (χ1n) is 4.21. The van der Waals surface area contributed by atoms with Crippen LogP contribution in [0.4, 0.5) is 34.3 Å². The molecule has 0 spiro atoms. The van der Waals surface area contributed by atoms with Gasteiger partial charge < -0.3 is 17.3 Å². The lowest BCUT2D eigenvalue weighted by atomic mass is 10.2. The van der Waals surface area contributed by atoms with Gasteiger partial charge in [0, 0.05) is 12.1 Å². The largest absolute Gasteiger partial charge is 0.673 e. The van der Waals surface area contributed by atoms with Crippen molar-refractivity contribution in [3.63, 3.8) is 0 Å². The molecule has 1 rings (SSSR count). The van der Waals surface area contributed by atoms with Crippen molar-refractivity contribution < 1.29 is 27.1 Å². The summed E-state index contributed by atoms with van der Waals surface area (Å²) in [5.41, 5.74) is -1.36. The smallest absolute Gasteiger partial charge is 0.418 e. The van der Waals surface area contributed by atoms with Crippen LogP contribution >= 0.6 is 0 Å². The highest BCUT2D eigenvalue weighted by Crippen LogP contribution is 2.30. The fourth-order valence-electron chi connectivity index (χ4n) is 0.856. The molecular formula is C6H3BF4N4O4. The minimum atomic E-state index is -6.00. The van der Waals surface area contributed by atoms with Gasteiger partial charge in [0.15, 0.2) is 4.98 Å². The van der Waals surface area contributed by atoms with Crippen molar-refractivity contribution in [1.82, 2.24) is 0 Å². The highest BCUT2D eigenvalue weighted by atomic mass is 19.5. The van der Waals surface area contributed by atoms with Gasteiger partial charge in [0.1, 0.15) is 6.07 Å². The summed E-state index contributed by atoms with van der Waals surface area (Å²) in [5, 5.41) is 29.0. The number of halogens is 4. The Morgan fingerprint density at radius 2 is 1.58 bits per heavy atom. The van der Waals surface area contributed by atoms with Crippen molar-refractivity contribution in [2.45, 2.75) is 0 Å². The van der Waals surface area contributed by atoms with Crippen molar-refractivity contribution in [3.8, 4) is 0 Å². The average molecular weight is 282 g/mol. The Morgan fingerprint density at radius 1 is 1.11 bits per heavy atom. The zero-order valence-electron chi connectivity index (χ0n) is 8.74. The average Bonchev–Trinajstić information content (AvgIpc) is 2.25. The van der Waals surface area contributed by atoms with E-state index < -0.39 is 28.5 Å². The number of diazo groups is 1. The lowest BCUT2D eigenvalue weighted by Crippen LogP contribution is -2.02. The summed E-state index contributed by atoms with van der Waals surface area (Å²) in [6.07, 6.45) is 0. The number of nitro benzene ring substituents is 2. The Bertz CT molecular complexity index is 537. The molecule has 0 saturated carbocycles. The van der Waals surface area contributed by atoms with Crippen molar-refractivity contribution in [3.05, 3.63) is 43.4 Å². The topological polar surface area (TPSA) is 114 Å². The van der Waals surface area contributed by atoms with Crippen molar-refractivity contribution in [1.29, 1.82) is 5.39 Å². The maximum absolute atomic E-state index is 10.4. The molecule has 0 aliphatic heterocycles. The van der Waals surface area contributed by atoms with Gasteiger partial charge in [0.05, 0.1) is 9.85 Å². The van der Waals surface area contributed by atoms with Crippen LogP contribution in [0.25, 0.3) is 4.98 Å². The quantitative estimate of drug-likeness (QED) is 0.271. The number of hydrogen-bond acceptors (Lipinski definition) is 5. The predicted octanol–water partition coefficient (Wildman–Crippen LogP) is 3.29. The Labute approximate surface area is 101 Å². The monoisotopic (exact) mass is 282 g/mol.